The second-order valence-corrected chi connectivity index (χ2v) is 3.85. The van der Waals surface area contributed by atoms with Gasteiger partial charge in [-0.25, -0.2) is 0 Å². The maximum atomic E-state index is 10.8. The third kappa shape index (κ3) is 6.20. The number of carbonyl (C=O) groups is 1. The number of methoxy groups -OCH3 is 1. The molecule has 0 amide bonds. The summed E-state index contributed by atoms with van der Waals surface area (Å²) in [6.07, 6.45) is 2.70. The summed E-state index contributed by atoms with van der Waals surface area (Å²) in [4.78, 5) is 10.8. The topological polar surface area (TPSA) is 26.3 Å². The molecule has 0 aliphatic carbocycles. The summed E-state index contributed by atoms with van der Waals surface area (Å²) >= 11 is 0. The van der Waals surface area contributed by atoms with Crippen LogP contribution in [0.25, 0.3) is 0 Å². The third-order valence-electron chi connectivity index (χ3n) is 1.94. The highest BCUT2D eigenvalue weighted by atomic mass is 16.5. The minimum Gasteiger partial charge on any atom is -0.469 e. The summed E-state index contributed by atoms with van der Waals surface area (Å²) in [7, 11) is 1.44. The van der Waals surface area contributed by atoms with Crippen molar-refractivity contribution in [2.75, 3.05) is 7.11 Å². The van der Waals surface area contributed by atoms with Crippen molar-refractivity contribution in [1.29, 1.82) is 0 Å². The second kappa shape index (κ2) is 6.04. The average molecular weight is 172 g/mol. The maximum absolute atomic E-state index is 10.8. The number of esters is 1. The lowest BCUT2D eigenvalue weighted by Gasteiger charge is -2.12. The van der Waals surface area contributed by atoms with Crippen molar-refractivity contribution < 1.29 is 9.53 Å². The summed E-state index contributed by atoms with van der Waals surface area (Å²) < 4.78 is 4.57. The van der Waals surface area contributed by atoms with Crippen LogP contribution in [0.3, 0.4) is 0 Å². The van der Waals surface area contributed by atoms with Gasteiger partial charge in [-0.1, -0.05) is 20.8 Å². The van der Waals surface area contributed by atoms with Crippen LogP contribution in [-0.2, 0) is 9.53 Å². The van der Waals surface area contributed by atoms with E-state index in [2.05, 4.69) is 25.5 Å². The number of carbonyl (C=O) groups excluding carboxylic acids is 1. The second-order valence-electron chi connectivity index (χ2n) is 3.85. The first-order chi connectivity index (χ1) is 5.56. The molecule has 12 heavy (non-hydrogen) atoms. The fourth-order valence-electron chi connectivity index (χ4n) is 1.39. The molecular weight excluding hydrogens is 152 g/mol. The van der Waals surface area contributed by atoms with Gasteiger partial charge in [0.15, 0.2) is 0 Å². The molecule has 1 unspecified atom stereocenters. The van der Waals surface area contributed by atoms with Crippen LogP contribution in [-0.4, -0.2) is 13.1 Å². The standard InChI is InChI=1S/C10H20O2/c1-8(2)7-9(3)5-6-10(11)12-4/h8-9H,5-7H2,1-4H3. The predicted octanol–water partition coefficient (Wildman–Crippen LogP) is 2.62. The fourth-order valence-corrected chi connectivity index (χ4v) is 1.39. The zero-order valence-electron chi connectivity index (χ0n) is 8.59. The van der Waals surface area contributed by atoms with Crippen molar-refractivity contribution in [1.82, 2.24) is 0 Å². The first-order valence-corrected chi connectivity index (χ1v) is 4.63. The Morgan fingerprint density at radius 2 is 1.92 bits per heavy atom. The molecule has 1 atom stereocenters. The first-order valence-electron chi connectivity index (χ1n) is 4.63. The smallest absolute Gasteiger partial charge is 0.305 e. The van der Waals surface area contributed by atoms with Crippen molar-refractivity contribution in [2.24, 2.45) is 11.8 Å². The summed E-state index contributed by atoms with van der Waals surface area (Å²) in [5.41, 5.74) is 0. The van der Waals surface area contributed by atoms with Crippen molar-refractivity contribution >= 4 is 5.97 Å². The minimum absolute atomic E-state index is 0.0920. The van der Waals surface area contributed by atoms with Gasteiger partial charge in [-0.05, 0) is 24.7 Å². The van der Waals surface area contributed by atoms with E-state index < -0.39 is 0 Å². The van der Waals surface area contributed by atoms with Crippen LogP contribution in [0.2, 0.25) is 0 Å². The maximum Gasteiger partial charge on any atom is 0.305 e. The summed E-state index contributed by atoms with van der Waals surface area (Å²) in [5.74, 6) is 1.26. The van der Waals surface area contributed by atoms with Crippen LogP contribution < -0.4 is 0 Å². The zero-order chi connectivity index (χ0) is 9.56. The van der Waals surface area contributed by atoms with Gasteiger partial charge in [0.05, 0.1) is 7.11 Å². The molecule has 0 aromatic rings. The molecule has 0 saturated carbocycles. The highest BCUT2D eigenvalue weighted by Gasteiger charge is 2.07. The zero-order valence-corrected chi connectivity index (χ0v) is 8.59. The van der Waals surface area contributed by atoms with Gasteiger partial charge in [0.1, 0.15) is 0 Å². The summed E-state index contributed by atoms with van der Waals surface area (Å²) in [6.45, 7) is 6.59. The van der Waals surface area contributed by atoms with Gasteiger partial charge in [-0.15, -0.1) is 0 Å². The van der Waals surface area contributed by atoms with Crippen molar-refractivity contribution in [3.63, 3.8) is 0 Å². The molecule has 0 aromatic carbocycles. The van der Waals surface area contributed by atoms with Gasteiger partial charge in [-0.2, -0.15) is 0 Å². The van der Waals surface area contributed by atoms with Crippen LogP contribution >= 0.6 is 0 Å². The lowest BCUT2D eigenvalue weighted by molar-refractivity contribution is -0.140. The minimum atomic E-state index is -0.0920. The molecule has 0 aliphatic rings. The molecule has 2 heteroatoms. The molecule has 0 N–H and O–H groups in total. The van der Waals surface area contributed by atoms with E-state index in [-0.39, 0.29) is 5.97 Å². The van der Waals surface area contributed by atoms with E-state index in [0.717, 1.165) is 12.3 Å². The predicted molar refractivity (Wildman–Crippen MR) is 49.9 cm³/mol. The number of hydrogen-bond acceptors (Lipinski definition) is 2. The SMILES string of the molecule is COC(=O)CCC(C)CC(C)C. The Morgan fingerprint density at radius 1 is 1.33 bits per heavy atom. The molecule has 0 spiro atoms. The van der Waals surface area contributed by atoms with E-state index in [0.29, 0.717) is 12.3 Å². The van der Waals surface area contributed by atoms with Crippen LogP contribution in [0.15, 0.2) is 0 Å². The number of rotatable bonds is 5. The Bertz CT molecular complexity index is 130. The Hall–Kier alpha value is -0.530. The van der Waals surface area contributed by atoms with Gasteiger partial charge in [-0.3, -0.25) is 4.79 Å². The van der Waals surface area contributed by atoms with Crippen molar-refractivity contribution in [3.05, 3.63) is 0 Å². The summed E-state index contributed by atoms with van der Waals surface area (Å²) in [5, 5.41) is 0. The Kier molecular flexibility index (Phi) is 5.77. The van der Waals surface area contributed by atoms with Gasteiger partial charge in [0.25, 0.3) is 0 Å². The molecule has 0 aliphatic heterocycles. The quantitative estimate of drug-likeness (QED) is 0.596. The molecular formula is C10H20O2. The van der Waals surface area contributed by atoms with E-state index in [1.165, 1.54) is 13.5 Å². The van der Waals surface area contributed by atoms with Gasteiger partial charge in [0, 0.05) is 6.42 Å². The highest BCUT2D eigenvalue weighted by molar-refractivity contribution is 5.69. The van der Waals surface area contributed by atoms with Gasteiger partial charge >= 0.3 is 5.97 Å². The molecule has 0 fully saturated rings. The lowest BCUT2D eigenvalue weighted by atomic mass is 9.95. The molecule has 0 aromatic heterocycles. The molecule has 2 nitrogen and oxygen atoms in total. The highest BCUT2D eigenvalue weighted by Crippen LogP contribution is 2.16. The fraction of sp³-hybridized carbons (Fsp3) is 0.900. The molecule has 0 radical (unpaired) electrons. The van der Waals surface area contributed by atoms with Crippen molar-refractivity contribution in [2.45, 2.75) is 40.0 Å². The van der Waals surface area contributed by atoms with E-state index in [9.17, 15) is 4.79 Å². The molecule has 0 bridgehead atoms. The van der Waals surface area contributed by atoms with Crippen LogP contribution in [0.5, 0.6) is 0 Å². The Morgan fingerprint density at radius 3 is 2.33 bits per heavy atom. The van der Waals surface area contributed by atoms with Crippen LogP contribution in [0, 0.1) is 11.8 Å². The molecule has 72 valence electrons. The van der Waals surface area contributed by atoms with E-state index in [1.54, 1.807) is 0 Å². The average Bonchev–Trinajstić information content (AvgIpc) is 1.99. The third-order valence-corrected chi connectivity index (χ3v) is 1.94. The van der Waals surface area contributed by atoms with Crippen molar-refractivity contribution in [3.8, 4) is 0 Å². The largest absolute Gasteiger partial charge is 0.469 e. The lowest BCUT2D eigenvalue weighted by Crippen LogP contribution is -2.05. The van der Waals surface area contributed by atoms with Crippen LogP contribution in [0.1, 0.15) is 40.0 Å². The first kappa shape index (κ1) is 11.5. The Balaban J connectivity index is 3.43. The molecule has 0 rings (SSSR count). The van der Waals surface area contributed by atoms with E-state index in [1.807, 2.05) is 0 Å². The number of ether oxygens (including phenoxy) is 1. The molecule has 0 heterocycles. The van der Waals surface area contributed by atoms with Gasteiger partial charge < -0.3 is 4.74 Å². The Labute approximate surface area is 75.3 Å². The summed E-state index contributed by atoms with van der Waals surface area (Å²) in [6, 6.07) is 0. The normalized spacial score (nSPS) is 13.1. The number of hydrogen-bond donors (Lipinski definition) is 0. The van der Waals surface area contributed by atoms with E-state index in [4.69, 9.17) is 0 Å². The van der Waals surface area contributed by atoms with Gasteiger partial charge in [0.2, 0.25) is 0 Å². The van der Waals surface area contributed by atoms with E-state index >= 15 is 0 Å². The monoisotopic (exact) mass is 172 g/mol. The molecule has 0 saturated heterocycles. The van der Waals surface area contributed by atoms with Crippen LogP contribution in [0.4, 0.5) is 0 Å².